The minimum absolute atomic E-state index is 1.14. The Hall–Kier alpha value is -7.62. The Balaban J connectivity index is 1.23. The highest BCUT2D eigenvalue weighted by atomic mass is 15.1. The summed E-state index contributed by atoms with van der Waals surface area (Å²) in [4.78, 5) is 0. The third-order valence-corrected chi connectivity index (χ3v) is 11.8. The molecule has 0 fully saturated rings. The average Bonchev–Trinajstić information content (AvgIpc) is 3.92. The number of para-hydroxylation sites is 6. The Morgan fingerprint density at radius 1 is 0.263 bits per heavy atom. The summed E-state index contributed by atoms with van der Waals surface area (Å²) in [5.74, 6) is 0. The molecule has 57 heavy (non-hydrogen) atoms. The zero-order chi connectivity index (χ0) is 37.5. The molecule has 0 spiro atoms. The maximum absolute atomic E-state index is 2.54. The van der Waals surface area contributed by atoms with Crippen LogP contribution in [0.5, 0.6) is 0 Å². The molecule has 12 rings (SSSR count). The highest BCUT2D eigenvalue weighted by Gasteiger charge is 2.24. The van der Waals surface area contributed by atoms with E-state index in [1.54, 1.807) is 0 Å². The summed E-state index contributed by atoms with van der Waals surface area (Å²) >= 11 is 0. The normalized spacial score (nSPS) is 11.9. The summed E-state index contributed by atoms with van der Waals surface area (Å²) in [5, 5.41) is 7.42. The Labute approximate surface area is 329 Å². The van der Waals surface area contributed by atoms with Crippen molar-refractivity contribution in [1.82, 2.24) is 13.7 Å². The molecule has 0 aliphatic heterocycles. The fourth-order valence-electron chi connectivity index (χ4n) is 9.46. The van der Waals surface area contributed by atoms with Gasteiger partial charge in [-0.05, 0) is 53.6 Å². The van der Waals surface area contributed by atoms with Crippen LogP contribution in [-0.4, -0.2) is 13.7 Å². The molecule has 0 bridgehead atoms. The Morgan fingerprint density at radius 2 is 0.684 bits per heavy atom. The van der Waals surface area contributed by atoms with Gasteiger partial charge in [0.1, 0.15) is 0 Å². The second-order valence-corrected chi connectivity index (χ2v) is 14.9. The molecule has 0 atom stereocenters. The zero-order valence-corrected chi connectivity index (χ0v) is 31.0. The van der Waals surface area contributed by atoms with Crippen molar-refractivity contribution in [2.75, 3.05) is 0 Å². The monoisotopic (exact) mass is 725 g/mol. The molecule has 0 aliphatic carbocycles. The van der Waals surface area contributed by atoms with E-state index in [0.717, 1.165) is 11.4 Å². The van der Waals surface area contributed by atoms with E-state index >= 15 is 0 Å². The van der Waals surface area contributed by atoms with Crippen molar-refractivity contribution >= 4 is 65.4 Å². The molecule has 0 radical (unpaired) electrons. The molecular formula is C54H35N3. The summed E-state index contributed by atoms with van der Waals surface area (Å²) in [7, 11) is 0. The largest absolute Gasteiger partial charge is 0.309 e. The predicted octanol–water partition coefficient (Wildman–Crippen LogP) is 14.3. The van der Waals surface area contributed by atoms with Gasteiger partial charge in [-0.25, -0.2) is 0 Å². The van der Waals surface area contributed by atoms with Crippen molar-refractivity contribution in [2.45, 2.75) is 0 Å². The molecule has 0 unspecified atom stereocenters. The van der Waals surface area contributed by atoms with Crippen LogP contribution in [0.4, 0.5) is 0 Å². The van der Waals surface area contributed by atoms with Crippen LogP contribution >= 0.6 is 0 Å². The first-order chi connectivity index (χ1) is 28.3. The van der Waals surface area contributed by atoms with Gasteiger partial charge in [0.05, 0.1) is 44.5 Å². The Bertz CT molecular complexity index is 3400. The van der Waals surface area contributed by atoms with E-state index in [-0.39, 0.29) is 0 Å². The first kappa shape index (κ1) is 31.7. The standard InChI is InChI=1S/C54H35N3/c1-3-17-36(18-4-1)39-25-15-26-40(37-19-5-2-6-20-37)53(39)57-50-31-14-10-24-44(50)46-27-16-32-51(54(46)57)56-49-30-13-9-23-43(49)45-34-33-38(35-52(45)56)55-47-28-11-7-21-41(47)42-22-8-12-29-48(42)55/h1-35H. The lowest BCUT2D eigenvalue weighted by Crippen LogP contribution is -2.04. The molecule has 0 saturated carbocycles. The lowest BCUT2D eigenvalue weighted by atomic mass is 9.95. The minimum Gasteiger partial charge on any atom is -0.309 e. The van der Waals surface area contributed by atoms with Crippen LogP contribution in [0.25, 0.3) is 105 Å². The summed E-state index contributed by atoms with van der Waals surface area (Å²) in [6, 6.07) is 77.5. The molecule has 3 heteroatoms. The Morgan fingerprint density at radius 3 is 1.25 bits per heavy atom. The highest BCUT2D eigenvalue weighted by molar-refractivity contribution is 6.16. The fourth-order valence-corrected chi connectivity index (χ4v) is 9.46. The quantitative estimate of drug-likeness (QED) is 0.168. The zero-order valence-electron chi connectivity index (χ0n) is 31.0. The lowest BCUT2D eigenvalue weighted by Gasteiger charge is -2.21. The van der Waals surface area contributed by atoms with Crippen molar-refractivity contribution in [3.63, 3.8) is 0 Å². The summed E-state index contributed by atoms with van der Waals surface area (Å²) in [5.41, 5.74) is 15.3. The Kier molecular flexibility index (Phi) is 6.93. The maximum Gasteiger partial charge on any atom is 0.0782 e. The van der Waals surface area contributed by atoms with Crippen LogP contribution in [0.15, 0.2) is 212 Å². The smallest absolute Gasteiger partial charge is 0.0782 e. The fraction of sp³-hybridized carbons (Fsp3) is 0. The van der Waals surface area contributed by atoms with Gasteiger partial charge >= 0.3 is 0 Å². The van der Waals surface area contributed by atoms with E-state index in [1.807, 2.05) is 0 Å². The van der Waals surface area contributed by atoms with Gasteiger partial charge in [-0.1, -0.05) is 170 Å². The minimum atomic E-state index is 1.14. The molecule has 3 nitrogen and oxygen atoms in total. The second-order valence-electron chi connectivity index (χ2n) is 14.9. The molecule has 0 N–H and O–H groups in total. The van der Waals surface area contributed by atoms with E-state index in [2.05, 4.69) is 226 Å². The van der Waals surface area contributed by atoms with Crippen molar-refractivity contribution in [3.8, 4) is 39.3 Å². The van der Waals surface area contributed by atoms with Gasteiger partial charge in [0, 0.05) is 49.1 Å². The second kappa shape index (κ2) is 12.5. The van der Waals surface area contributed by atoms with Gasteiger partial charge in [-0.15, -0.1) is 0 Å². The first-order valence-corrected chi connectivity index (χ1v) is 19.6. The van der Waals surface area contributed by atoms with Gasteiger partial charge in [0.25, 0.3) is 0 Å². The van der Waals surface area contributed by atoms with Crippen LogP contribution in [-0.2, 0) is 0 Å². The first-order valence-electron chi connectivity index (χ1n) is 19.6. The number of rotatable bonds is 5. The number of nitrogens with zero attached hydrogens (tertiary/aromatic N) is 3. The molecule has 266 valence electrons. The average molecular weight is 726 g/mol. The molecule has 12 aromatic rings. The van der Waals surface area contributed by atoms with Crippen LogP contribution in [0.3, 0.4) is 0 Å². The van der Waals surface area contributed by atoms with Crippen LogP contribution in [0.1, 0.15) is 0 Å². The molecule has 0 saturated heterocycles. The van der Waals surface area contributed by atoms with E-state index in [9.17, 15) is 0 Å². The van der Waals surface area contributed by atoms with Gasteiger partial charge in [-0.3, -0.25) is 0 Å². The molecule has 3 aromatic heterocycles. The van der Waals surface area contributed by atoms with Gasteiger partial charge in [0.2, 0.25) is 0 Å². The van der Waals surface area contributed by atoms with Gasteiger partial charge < -0.3 is 13.7 Å². The van der Waals surface area contributed by atoms with Crippen molar-refractivity contribution in [1.29, 1.82) is 0 Å². The molecular weight excluding hydrogens is 691 g/mol. The van der Waals surface area contributed by atoms with Crippen LogP contribution in [0.2, 0.25) is 0 Å². The predicted molar refractivity (Wildman–Crippen MR) is 240 cm³/mol. The van der Waals surface area contributed by atoms with E-state index < -0.39 is 0 Å². The SMILES string of the molecule is c1ccc(-c2cccc(-c3ccccc3)c2-n2c3ccccc3c3cccc(-n4c5ccccc5c5ccc(-n6c7ccccc7c7ccccc76)cc54)c32)cc1. The topological polar surface area (TPSA) is 14.8 Å². The van der Waals surface area contributed by atoms with Crippen molar-refractivity contribution in [2.24, 2.45) is 0 Å². The van der Waals surface area contributed by atoms with Crippen molar-refractivity contribution in [3.05, 3.63) is 212 Å². The molecule has 0 aliphatic rings. The number of aromatic nitrogens is 3. The van der Waals surface area contributed by atoms with E-state index in [4.69, 9.17) is 0 Å². The number of benzene rings is 9. The van der Waals surface area contributed by atoms with Gasteiger partial charge in [0.15, 0.2) is 0 Å². The van der Waals surface area contributed by atoms with Gasteiger partial charge in [-0.2, -0.15) is 0 Å². The maximum atomic E-state index is 2.54. The molecule has 3 heterocycles. The van der Waals surface area contributed by atoms with E-state index in [0.29, 0.717) is 0 Å². The summed E-state index contributed by atoms with van der Waals surface area (Å²) < 4.78 is 7.47. The third-order valence-electron chi connectivity index (χ3n) is 11.8. The number of hydrogen-bond donors (Lipinski definition) is 0. The summed E-state index contributed by atoms with van der Waals surface area (Å²) in [6.45, 7) is 0. The van der Waals surface area contributed by atoms with Crippen LogP contribution in [0, 0.1) is 0 Å². The highest BCUT2D eigenvalue weighted by Crippen LogP contribution is 2.45. The molecule has 0 amide bonds. The number of fused-ring (bicyclic) bond motifs is 9. The number of hydrogen-bond acceptors (Lipinski definition) is 0. The molecule has 9 aromatic carbocycles. The van der Waals surface area contributed by atoms with E-state index in [1.165, 1.54) is 93.4 Å². The van der Waals surface area contributed by atoms with Crippen LogP contribution < -0.4 is 0 Å². The lowest BCUT2D eigenvalue weighted by molar-refractivity contribution is 1.13. The summed E-state index contributed by atoms with van der Waals surface area (Å²) in [6.07, 6.45) is 0. The third kappa shape index (κ3) is 4.66. The van der Waals surface area contributed by atoms with Crippen molar-refractivity contribution < 1.29 is 0 Å².